The Morgan fingerprint density at radius 1 is 1.20 bits per heavy atom. The number of nitrogens with two attached hydrogens (primary N) is 1. The zero-order chi connectivity index (χ0) is 10.5. The van der Waals surface area contributed by atoms with Gasteiger partial charge in [0.05, 0.1) is 0 Å². The van der Waals surface area contributed by atoms with Crippen LogP contribution in [0.3, 0.4) is 0 Å². The van der Waals surface area contributed by atoms with Crippen molar-refractivity contribution in [2.45, 2.75) is 50.5 Å². The smallest absolute Gasteiger partial charge is 0.405 e. The molecule has 3 heteroatoms. The van der Waals surface area contributed by atoms with Gasteiger partial charge in [0, 0.05) is 0 Å². The van der Waals surface area contributed by atoms with E-state index in [4.69, 9.17) is 10.5 Å². The number of carbonyl (C=O) groups is 1. The highest BCUT2D eigenvalue weighted by atomic mass is 16.6. The summed E-state index contributed by atoms with van der Waals surface area (Å²) in [6.07, 6.45) is 8.07. The molecule has 0 heterocycles. The van der Waals surface area contributed by atoms with E-state index >= 15 is 0 Å². The lowest BCUT2D eigenvalue weighted by Gasteiger charge is -2.36. The Hall–Kier alpha value is -0.730. The summed E-state index contributed by atoms with van der Waals surface area (Å²) in [6.45, 7) is 0. The molecule has 3 saturated carbocycles. The van der Waals surface area contributed by atoms with Gasteiger partial charge in [-0.25, -0.2) is 4.79 Å². The molecule has 3 rings (SSSR count). The number of hydrogen-bond acceptors (Lipinski definition) is 2. The van der Waals surface area contributed by atoms with Crippen LogP contribution in [0.2, 0.25) is 0 Å². The molecule has 0 radical (unpaired) electrons. The molecule has 3 fully saturated rings. The van der Waals surface area contributed by atoms with Crippen LogP contribution in [0, 0.1) is 17.8 Å². The van der Waals surface area contributed by atoms with Crippen LogP contribution in [-0.2, 0) is 4.74 Å². The Balaban J connectivity index is 1.85. The maximum atomic E-state index is 11.0. The molecule has 84 valence electrons. The van der Waals surface area contributed by atoms with E-state index < -0.39 is 6.09 Å². The summed E-state index contributed by atoms with van der Waals surface area (Å²) >= 11 is 0. The highest BCUT2D eigenvalue weighted by molar-refractivity contribution is 5.65. The quantitative estimate of drug-likeness (QED) is 0.721. The van der Waals surface area contributed by atoms with Gasteiger partial charge in [0.25, 0.3) is 0 Å². The minimum atomic E-state index is -0.573. The van der Waals surface area contributed by atoms with E-state index in [1.165, 1.54) is 25.7 Å². The van der Waals surface area contributed by atoms with Crippen LogP contribution in [0.15, 0.2) is 0 Å². The number of fused-ring (bicyclic) bond motifs is 2. The van der Waals surface area contributed by atoms with Crippen LogP contribution in [0.25, 0.3) is 0 Å². The lowest BCUT2D eigenvalue weighted by Crippen LogP contribution is -2.39. The lowest BCUT2D eigenvalue weighted by atomic mass is 9.77. The Labute approximate surface area is 90.4 Å². The van der Waals surface area contributed by atoms with Gasteiger partial charge in [-0.05, 0) is 43.4 Å². The zero-order valence-corrected chi connectivity index (χ0v) is 9.08. The lowest BCUT2D eigenvalue weighted by molar-refractivity contribution is -0.0188. The van der Waals surface area contributed by atoms with Gasteiger partial charge in [0.1, 0.15) is 5.60 Å². The molecule has 0 aromatic carbocycles. The highest BCUT2D eigenvalue weighted by Crippen LogP contribution is 2.56. The summed E-state index contributed by atoms with van der Waals surface area (Å²) in [5, 5.41) is 0. The second-order valence-corrected chi connectivity index (χ2v) is 5.77. The fourth-order valence-electron chi connectivity index (χ4n) is 4.42. The largest absolute Gasteiger partial charge is 0.443 e. The van der Waals surface area contributed by atoms with Gasteiger partial charge in [-0.15, -0.1) is 0 Å². The van der Waals surface area contributed by atoms with Crippen molar-refractivity contribution in [2.75, 3.05) is 0 Å². The topological polar surface area (TPSA) is 52.3 Å². The summed E-state index contributed by atoms with van der Waals surface area (Å²) in [4.78, 5) is 11.0. The monoisotopic (exact) mass is 209 g/mol. The van der Waals surface area contributed by atoms with Crippen molar-refractivity contribution >= 4 is 6.09 Å². The van der Waals surface area contributed by atoms with Crippen molar-refractivity contribution < 1.29 is 9.53 Å². The van der Waals surface area contributed by atoms with Gasteiger partial charge < -0.3 is 10.5 Å². The molecule has 2 N–H and O–H groups in total. The second kappa shape index (κ2) is 3.13. The van der Waals surface area contributed by atoms with Crippen molar-refractivity contribution in [2.24, 2.45) is 23.5 Å². The molecule has 0 spiro atoms. The summed E-state index contributed by atoms with van der Waals surface area (Å²) < 4.78 is 5.44. The molecule has 0 saturated heterocycles. The Morgan fingerprint density at radius 3 is 2.80 bits per heavy atom. The first-order valence-electron chi connectivity index (χ1n) is 6.15. The standard InChI is InChI=1S/C12H19NO2/c13-11(14)15-12-5-8-2-1-3-9(6-12)10(4-8)7-12/h8-10H,1-7H2,(H2,13,14). The molecule has 4 unspecified atom stereocenters. The number of rotatable bonds is 1. The molecule has 0 aromatic heterocycles. The molecule has 3 aliphatic carbocycles. The van der Waals surface area contributed by atoms with E-state index in [-0.39, 0.29) is 5.60 Å². The van der Waals surface area contributed by atoms with E-state index in [1.807, 2.05) is 0 Å². The first-order valence-corrected chi connectivity index (χ1v) is 6.15. The third-order valence-corrected chi connectivity index (χ3v) is 4.74. The van der Waals surface area contributed by atoms with Crippen molar-refractivity contribution in [3.63, 3.8) is 0 Å². The maximum absolute atomic E-state index is 11.0. The van der Waals surface area contributed by atoms with Crippen LogP contribution in [0.4, 0.5) is 4.79 Å². The van der Waals surface area contributed by atoms with Crippen LogP contribution in [0.5, 0.6) is 0 Å². The maximum Gasteiger partial charge on any atom is 0.405 e. The Bertz CT molecular complexity index is 287. The highest BCUT2D eigenvalue weighted by Gasteiger charge is 2.53. The number of hydrogen-bond donors (Lipinski definition) is 1. The molecular weight excluding hydrogens is 190 g/mol. The Kier molecular flexibility index (Phi) is 1.98. The Morgan fingerprint density at radius 2 is 2.00 bits per heavy atom. The van der Waals surface area contributed by atoms with Crippen molar-refractivity contribution in [3.05, 3.63) is 0 Å². The van der Waals surface area contributed by atoms with Crippen molar-refractivity contribution in [1.82, 2.24) is 0 Å². The van der Waals surface area contributed by atoms with Crippen LogP contribution >= 0.6 is 0 Å². The fraction of sp³-hybridized carbons (Fsp3) is 0.917. The molecule has 4 atom stereocenters. The fourth-order valence-corrected chi connectivity index (χ4v) is 4.42. The zero-order valence-electron chi connectivity index (χ0n) is 9.08. The SMILES string of the molecule is NC(=O)OC12CC3CCCC(C1)C(C3)C2. The van der Waals surface area contributed by atoms with E-state index in [0.717, 1.165) is 37.0 Å². The van der Waals surface area contributed by atoms with Gasteiger partial charge in [0.15, 0.2) is 0 Å². The van der Waals surface area contributed by atoms with E-state index in [1.54, 1.807) is 0 Å². The molecule has 3 bridgehead atoms. The van der Waals surface area contributed by atoms with Crippen LogP contribution in [0.1, 0.15) is 44.9 Å². The molecule has 3 aliphatic rings. The second-order valence-electron chi connectivity index (χ2n) is 5.77. The first-order chi connectivity index (χ1) is 7.17. The predicted molar refractivity (Wildman–Crippen MR) is 56.2 cm³/mol. The first kappa shape index (κ1) is 9.49. The van der Waals surface area contributed by atoms with E-state index in [9.17, 15) is 4.79 Å². The molecule has 3 nitrogen and oxygen atoms in total. The van der Waals surface area contributed by atoms with Gasteiger partial charge in [-0.1, -0.05) is 19.3 Å². The molecular formula is C12H19NO2. The van der Waals surface area contributed by atoms with Gasteiger partial charge in [-0.2, -0.15) is 0 Å². The van der Waals surface area contributed by atoms with Crippen LogP contribution in [-0.4, -0.2) is 11.7 Å². The molecule has 0 aliphatic heterocycles. The number of carbonyl (C=O) groups excluding carboxylic acids is 1. The molecule has 15 heavy (non-hydrogen) atoms. The third kappa shape index (κ3) is 1.52. The van der Waals surface area contributed by atoms with Gasteiger partial charge in [-0.3, -0.25) is 0 Å². The summed E-state index contributed by atoms with van der Waals surface area (Å²) in [5.41, 5.74) is 5.03. The predicted octanol–water partition coefficient (Wildman–Crippen LogP) is 2.44. The summed E-state index contributed by atoms with van der Waals surface area (Å²) in [7, 11) is 0. The molecule has 1 amide bonds. The number of amides is 1. The van der Waals surface area contributed by atoms with Gasteiger partial charge in [0.2, 0.25) is 0 Å². The minimum absolute atomic E-state index is 0.162. The molecule has 0 aromatic rings. The average molecular weight is 209 g/mol. The number of ether oxygens (including phenoxy) is 1. The summed E-state index contributed by atoms with van der Waals surface area (Å²) in [6, 6.07) is 0. The third-order valence-electron chi connectivity index (χ3n) is 4.74. The minimum Gasteiger partial charge on any atom is -0.443 e. The van der Waals surface area contributed by atoms with Crippen molar-refractivity contribution in [1.29, 1.82) is 0 Å². The van der Waals surface area contributed by atoms with Crippen molar-refractivity contribution in [3.8, 4) is 0 Å². The van der Waals surface area contributed by atoms with Gasteiger partial charge >= 0.3 is 6.09 Å². The van der Waals surface area contributed by atoms with E-state index in [2.05, 4.69) is 0 Å². The van der Waals surface area contributed by atoms with E-state index in [0.29, 0.717) is 0 Å². The number of primary amides is 1. The average Bonchev–Trinajstić information content (AvgIpc) is 2.26. The normalized spacial score (nSPS) is 47.6. The van der Waals surface area contributed by atoms with Crippen LogP contribution < -0.4 is 5.73 Å². The summed E-state index contributed by atoms with van der Waals surface area (Å²) in [5.74, 6) is 2.40.